The first-order chi connectivity index (χ1) is 17.6. The Bertz CT molecular complexity index is 1000. The van der Waals surface area contributed by atoms with Gasteiger partial charge in [0.2, 0.25) is 11.8 Å². The molecule has 0 radical (unpaired) electrons. The molecule has 1 unspecified atom stereocenters. The van der Waals surface area contributed by atoms with Gasteiger partial charge in [-0.2, -0.15) is 0 Å². The van der Waals surface area contributed by atoms with Gasteiger partial charge >= 0.3 is 6.03 Å². The number of carbonyl (C=O) groups excluding carboxylic acids is 3. The molecule has 2 aromatic carbocycles. The van der Waals surface area contributed by atoms with Crippen molar-refractivity contribution in [2.75, 3.05) is 43.5 Å². The summed E-state index contributed by atoms with van der Waals surface area (Å²) < 4.78 is 11.1. The van der Waals surface area contributed by atoms with Crippen LogP contribution >= 0.6 is 0 Å². The van der Waals surface area contributed by atoms with E-state index in [0.29, 0.717) is 56.9 Å². The molecule has 4 amide bonds. The molecule has 9 heteroatoms. The summed E-state index contributed by atoms with van der Waals surface area (Å²) in [5, 5.41) is 8.54. The number of carbonyl (C=O) groups is 3. The van der Waals surface area contributed by atoms with Crippen LogP contribution in [0.1, 0.15) is 32.1 Å². The van der Waals surface area contributed by atoms with Gasteiger partial charge in [0.05, 0.1) is 19.1 Å². The van der Waals surface area contributed by atoms with E-state index in [1.807, 2.05) is 35.2 Å². The summed E-state index contributed by atoms with van der Waals surface area (Å²) in [5.74, 6) is 0.607. The Kier molecular flexibility index (Phi) is 9.15. The maximum atomic E-state index is 12.7. The molecule has 2 fully saturated rings. The van der Waals surface area contributed by atoms with Gasteiger partial charge in [0.1, 0.15) is 5.75 Å². The van der Waals surface area contributed by atoms with E-state index < -0.39 is 0 Å². The van der Waals surface area contributed by atoms with Crippen molar-refractivity contribution in [3.63, 3.8) is 0 Å². The third kappa shape index (κ3) is 7.71. The molecule has 36 heavy (non-hydrogen) atoms. The molecule has 2 heterocycles. The highest BCUT2D eigenvalue weighted by atomic mass is 16.5. The monoisotopic (exact) mass is 494 g/mol. The Morgan fingerprint density at radius 2 is 1.61 bits per heavy atom. The number of nitrogens with one attached hydrogen (secondary N) is 3. The Morgan fingerprint density at radius 3 is 2.28 bits per heavy atom. The summed E-state index contributed by atoms with van der Waals surface area (Å²) in [6.07, 6.45) is 3.66. The molecule has 9 nitrogen and oxygen atoms in total. The molecule has 2 aliphatic rings. The minimum atomic E-state index is -0.282. The zero-order valence-electron chi connectivity index (χ0n) is 20.4. The van der Waals surface area contributed by atoms with Crippen LogP contribution in [0.2, 0.25) is 0 Å². The van der Waals surface area contributed by atoms with Crippen molar-refractivity contribution in [1.29, 1.82) is 0 Å². The smallest absolute Gasteiger partial charge is 0.319 e. The van der Waals surface area contributed by atoms with E-state index in [1.54, 1.807) is 24.3 Å². The number of urea groups is 1. The Morgan fingerprint density at radius 1 is 0.917 bits per heavy atom. The average Bonchev–Trinajstić information content (AvgIpc) is 3.43. The van der Waals surface area contributed by atoms with Gasteiger partial charge < -0.3 is 30.3 Å². The first-order valence-corrected chi connectivity index (χ1v) is 12.6. The van der Waals surface area contributed by atoms with Crippen molar-refractivity contribution in [3.05, 3.63) is 54.6 Å². The van der Waals surface area contributed by atoms with Crippen molar-refractivity contribution in [3.8, 4) is 5.75 Å². The van der Waals surface area contributed by atoms with Crippen LogP contribution in [0.3, 0.4) is 0 Å². The minimum Gasteiger partial charge on any atom is -0.493 e. The van der Waals surface area contributed by atoms with Crippen molar-refractivity contribution >= 4 is 29.2 Å². The number of likely N-dealkylation sites (tertiary alicyclic amines) is 1. The molecule has 3 N–H and O–H groups in total. The first-order valence-electron chi connectivity index (χ1n) is 12.6. The molecule has 192 valence electrons. The van der Waals surface area contributed by atoms with Gasteiger partial charge in [-0.05, 0) is 62.1 Å². The maximum Gasteiger partial charge on any atom is 0.319 e. The van der Waals surface area contributed by atoms with E-state index in [0.717, 1.165) is 25.2 Å². The summed E-state index contributed by atoms with van der Waals surface area (Å²) in [5.41, 5.74) is 1.31. The molecule has 2 aromatic rings. The van der Waals surface area contributed by atoms with Crippen LogP contribution < -0.4 is 20.7 Å². The lowest BCUT2D eigenvalue weighted by atomic mass is 9.95. The van der Waals surface area contributed by atoms with E-state index in [1.165, 1.54) is 0 Å². The average molecular weight is 495 g/mol. The predicted octanol–water partition coefficient (Wildman–Crippen LogP) is 3.63. The van der Waals surface area contributed by atoms with Gasteiger partial charge in [-0.15, -0.1) is 0 Å². The van der Waals surface area contributed by atoms with Crippen LogP contribution in [0.4, 0.5) is 16.2 Å². The number of rotatable bonds is 9. The standard InChI is InChI=1S/C27H34N4O5/c32-25(14-18-36-23-5-2-1-3-6-23)31-15-12-20(13-16-31)26(33)29-21-8-10-22(11-9-21)30-27(34)28-19-24-7-4-17-35-24/h1-3,5-6,8-11,20,24H,4,7,12-19H2,(H,29,33)(H2,28,30,34). The van der Waals surface area contributed by atoms with Crippen molar-refractivity contribution < 1.29 is 23.9 Å². The Balaban J connectivity index is 1.13. The quantitative estimate of drug-likeness (QED) is 0.493. The molecule has 0 saturated carbocycles. The molecule has 2 aliphatic heterocycles. The summed E-state index contributed by atoms with van der Waals surface area (Å²) in [6.45, 7) is 2.71. The van der Waals surface area contributed by atoms with Crippen LogP contribution in [-0.4, -0.2) is 61.7 Å². The van der Waals surface area contributed by atoms with Gasteiger partial charge in [0.25, 0.3) is 0 Å². The highest BCUT2D eigenvalue weighted by Gasteiger charge is 2.27. The zero-order valence-corrected chi connectivity index (χ0v) is 20.4. The number of benzene rings is 2. The topological polar surface area (TPSA) is 109 Å². The molecule has 0 bridgehead atoms. The summed E-state index contributed by atoms with van der Waals surface area (Å²) in [4.78, 5) is 39.1. The van der Waals surface area contributed by atoms with Crippen LogP contribution in [-0.2, 0) is 14.3 Å². The van der Waals surface area contributed by atoms with E-state index in [-0.39, 0.29) is 29.9 Å². The van der Waals surface area contributed by atoms with Crippen LogP contribution in [0.15, 0.2) is 54.6 Å². The third-order valence-electron chi connectivity index (χ3n) is 6.47. The van der Waals surface area contributed by atoms with Crippen LogP contribution in [0, 0.1) is 5.92 Å². The fourth-order valence-corrected chi connectivity index (χ4v) is 4.39. The molecule has 4 rings (SSSR count). The van der Waals surface area contributed by atoms with Crippen molar-refractivity contribution in [1.82, 2.24) is 10.2 Å². The van der Waals surface area contributed by atoms with E-state index in [9.17, 15) is 14.4 Å². The lowest BCUT2D eigenvalue weighted by molar-refractivity contribution is -0.135. The number of amides is 4. The van der Waals surface area contributed by atoms with Gasteiger partial charge in [-0.1, -0.05) is 18.2 Å². The Hall–Kier alpha value is -3.59. The lowest BCUT2D eigenvalue weighted by Crippen LogP contribution is -2.41. The number of nitrogens with zero attached hydrogens (tertiary/aromatic N) is 1. The molecule has 2 saturated heterocycles. The maximum absolute atomic E-state index is 12.7. The molecular formula is C27H34N4O5. The van der Waals surface area contributed by atoms with Crippen molar-refractivity contribution in [2.45, 2.75) is 38.2 Å². The van der Waals surface area contributed by atoms with Crippen molar-refractivity contribution in [2.24, 2.45) is 5.92 Å². The number of anilines is 2. The number of para-hydroxylation sites is 1. The molecule has 0 spiro atoms. The summed E-state index contributed by atoms with van der Waals surface area (Å²) in [7, 11) is 0. The largest absolute Gasteiger partial charge is 0.493 e. The van der Waals surface area contributed by atoms with Gasteiger partial charge in [-0.25, -0.2) is 4.79 Å². The summed E-state index contributed by atoms with van der Waals surface area (Å²) >= 11 is 0. The van der Waals surface area contributed by atoms with Gasteiger partial charge in [0, 0.05) is 43.5 Å². The van der Waals surface area contributed by atoms with Crippen LogP contribution in [0.25, 0.3) is 0 Å². The van der Waals surface area contributed by atoms with Gasteiger partial charge in [-0.3, -0.25) is 9.59 Å². The number of ether oxygens (including phenoxy) is 2. The minimum absolute atomic E-state index is 0.0488. The second-order valence-electron chi connectivity index (χ2n) is 9.10. The predicted molar refractivity (Wildman–Crippen MR) is 137 cm³/mol. The fourth-order valence-electron chi connectivity index (χ4n) is 4.39. The molecular weight excluding hydrogens is 460 g/mol. The molecule has 0 aromatic heterocycles. The summed E-state index contributed by atoms with van der Waals surface area (Å²) in [6, 6.07) is 16.2. The normalized spacial score (nSPS) is 17.9. The van der Waals surface area contributed by atoms with E-state index in [2.05, 4.69) is 16.0 Å². The lowest BCUT2D eigenvalue weighted by Gasteiger charge is -2.31. The van der Waals surface area contributed by atoms with Gasteiger partial charge in [0.15, 0.2) is 0 Å². The second kappa shape index (κ2) is 12.9. The number of piperidine rings is 1. The third-order valence-corrected chi connectivity index (χ3v) is 6.47. The van der Waals surface area contributed by atoms with Crippen LogP contribution in [0.5, 0.6) is 5.75 Å². The number of hydrogen-bond acceptors (Lipinski definition) is 5. The second-order valence-corrected chi connectivity index (χ2v) is 9.10. The Labute approximate surface area is 211 Å². The zero-order chi connectivity index (χ0) is 25.2. The SMILES string of the molecule is O=C(NCC1CCCO1)Nc1ccc(NC(=O)C2CCN(C(=O)CCOc3ccccc3)CC2)cc1. The fraction of sp³-hybridized carbons (Fsp3) is 0.444. The van der Waals surface area contributed by atoms with E-state index >= 15 is 0 Å². The first kappa shape index (κ1) is 25.5. The highest BCUT2D eigenvalue weighted by molar-refractivity contribution is 5.93. The number of hydrogen-bond donors (Lipinski definition) is 3. The molecule has 1 atom stereocenters. The highest BCUT2D eigenvalue weighted by Crippen LogP contribution is 2.21. The molecule has 0 aliphatic carbocycles. The van der Waals surface area contributed by atoms with E-state index in [4.69, 9.17) is 9.47 Å².